The van der Waals surface area contributed by atoms with Gasteiger partial charge in [-0.15, -0.1) is 0 Å². The predicted molar refractivity (Wildman–Crippen MR) is 73.3 cm³/mol. The van der Waals surface area contributed by atoms with Gasteiger partial charge in [-0.2, -0.15) is 0 Å². The summed E-state index contributed by atoms with van der Waals surface area (Å²) in [6.45, 7) is 4.78. The van der Waals surface area contributed by atoms with Gasteiger partial charge >= 0.3 is 0 Å². The van der Waals surface area contributed by atoms with Crippen molar-refractivity contribution in [1.29, 1.82) is 0 Å². The summed E-state index contributed by atoms with van der Waals surface area (Å²) in [7, 11) is 0. The van der Waals surface area contributed by atoms with E-state index in [-0.39, 0.29) is 11.9 Å². The summed E-state index contributed by atoms with van der Waals surface area (Å²) in [6.07, 6.45) is 4.23. The fourth-order valence-electron chi connectivity index (χ4n) is 2.01. The first-order valence-electron chi connectivity index (χ1n) is 6.45. The van der Waals surface area contributed by atoms with E-state index in [1.54, 1.807) is 24.5 Å². The number of hydrogen-bond donors (Lipinski definition) is 1. The molecule has 0 saturated heterocycles. The number of likely N-dealkylation sites (N-methyl/N-ethyl adjacent to an activating group) is 1. The van der Waals surface area contributed by atoms with Crippen molar-refractivity contribution in [2.75, 3.05) is 6.54 Å². The van der Waals surface area contributed by atoms with Gasteiger partial charge in [-0.3, -0.25) is 9.97 Å². The summed E-state index contributed by atoms with van der Waals surface area (Å²) in [5, 5.41) is 3.36. The Morgan fingerprint density at radius 2 is 2.11 bits per heavy atom. The molecule has 0 radical (unpaired) electrons. The molecule has 0 spiro atoms. The van der Waals surface area contributed by atoms with Crippen LogP contribution in [-0.4, -0.2) is 16.5 Å². The maximum Gasteiger partial charge on any atom is 0.123 e. The van der Waals surface area contributed by atoms with Crippen molar-refractivity contribution in [1.82, 2.24) is 15.3 Å². The molecule has 2 rings (SSSR count). The number of benzene rings is 1. The maximum atomic E-state index is 13.2. The summed E-state index contributed by atoms with van der Waals surface area (Å²) in [4.78, 5) is 8.66. The molecule has 100 valence electrons. The van der Waals surface area contributed by atoms with Crippen LogP contribution < -0.4 is 5.32 Å². The fourth-order valence-corrected chi connectivity index (χ4v) is 2.01. The summed E-state index contributed by atoms with van der Waals surface area (Å²) < 4.78 is 13.2. The van der Waals surface area contributed by atoms with Crippen LogP contribution in [0.25, 0.3) is 0 Å². The molecule has 1 N–H and O–H groups in total. The second kappa shape index (κ2) is 6.38. The summed E-state index contributed by atoms with van der Waals surface area (Å²) >= 11 is 0. The van der Waals surface area contributed by atoms with Crippen molar-refractivity contribution < 1.29 is 4.39 Å². The lowest BCUT2D eigenvalue weighted by Gasteiger charge is -2.17. The van der Waals surface area contributed by atoms with Crippen molar-refractivity contribution in [3.05, 3.63) is 59.4 Å². The highest BCUT2D eigenvalue weighted by Gasteiger charge is 2.13. The summed E-state index contributed by atoms with van der Waals surface area (Å²) in [5.74, 6) is -0.206. The molecule has 1 aromatic heterocycles. The van der Waals surface area contributed by atoms with Crippen LogP contribution in [0.5, 0.6) is 0 Å². The maximum absolute atomic E-state index is 13.2. The summed E-state index contributed by atoms with van der Waals surface area (Å²) in [5.41, 5.74) is 2.73. The Balaban J connectivity index is 2.18. The summed E-state index contributed by atoms with van der Waals surface area (Å²) in [6, 6.07) is 6.73. The van der Waals surface area contributed by atoms with Crippen LogP contribution in [0.2, 0.25) is 0 Å². The molecule has 4 heteroatoms. The van der Waals surface area contributed by atoms with Crippen molar-refractivity contribution in [3.63, 3.8) is 0 Å². The molecular weight excluding hydrogens is 241 g/mol. The van der Waals surface area contributed by atoms with Crippen LogP contribution >= 0.6 is 0 Å². The lowest BCUT2D eigenvalue weighted by atomic mass is 10.0. The second-order valence-corrected chi connectivity index (χ2v) is 4.53. The first kappa shape index (κ1) is 13.6. The normalized spacial score (nSPS) is 12.4. The van der Waals surface area contributed by atoms with Crippen molar-refractivity contribution in [2.45, 2.75) is 26.3 Å². The van der Waals surface area contributed by atoms with Crippen LogP contribution in [0.1, 0.15) is 29.9 Å². The highest BCUT2D eigenvalue weighted by Crippen LogP contribution is 2.16. The monoisotopic (exact) mass is 259 g/mol. The van der Waals surface area contributed by atoms with Gasteiger partial charge in [0.05, 0.1) is 23.6 Å². The first-order chi connectivity index (χ1) is 9.19. The van der Waals surface area contributed by atoms with Crippen molar-refractivity contribution in [2.24, 2.45) is 0 Å². The first-order valence-corrected chi connectivity index (χ1v) is 6.45. The molecule has 1 heterocycles. The van der Waals surface area contributed by atoms with E-state index in [2.05, 4.69) is 15.3 Å². The molecular formula is C15H18FN3. The minimum absolute atomic E-state index is 0.0555. The molecule has 3 nitrogen and oxygen atoms in total. The minimum Gasteiger partial charge on any atom is -0.309 e. The molecule has 0 amide bonds. The molecule has 1 aromatic carbocycles. The molecule has 0 bridgehead atoms. The number of aryl methyl sites for hydroxylation is 1. The fraction of sp³-hybridized carbons (Fsp3) is 0.333. The van der Waals surface area contributed by atoms with Crippen molar-refractivity contribution in [3.8, 4) is 0 Å². The average Bonchev–Trinajstić information content (AvgIpc) is 2.39. The molecule has 0 aliphatic carbocycles. The van der Waals surface area contributed by atoms with Gasteiger partial charge in [0.25, 0.3) is 0 Å². The standard InChI is InChI=1S/C15H18FN3/c1-3-17-14(15-10-18-11(2)9-19-15)8-12-5-4-6-13(16)7-12/h4-7,9-10,14,17H,3,8H2,1-2H3. The third kappa shape index (κ3) is 3.83. The number of aromatic nitrogens is 2. The van der Waals surface area contributed by atoms with Gasteiger partial charge < -0.3 is 5.32 Å². The van der Waals surface area contributed by atoms with E-state index in [0.717, 1.165) is 23.5 Å². The highest BCUT2D eigenvalue weighted by molar-refractivity contribution is 5.19. The Labute approximate surface area is 112 Å². The second-order valence-electron chi connectivity index (χ2n) is 4.53. The number of nitrogens with one attached hydrogen (secondary N) is 1. The number of rotatable bonds is 5. The molecule has 0 aliphatic rings. The van der Waals surface area contributed by atoms with Gasteiger partial charge in [0.15, 0.2) is 0 Å². The van der Waals surface area contributed by atoms with Gasteiger partial charge in [0.2, 0.25) is 0 Å². The van der Waals surface area contributed by atoms with Crippen LogP contribution in [0.3, 0.4) is 0 Å². The average molecular weight is 259 g/mol. The minimum atomic E-state index is -0.206. The molecule has 2 aromatic rings. The lowest BCUT2D eigenvalue weighted by molar-refractivity contribution is 0.531. The molecule has 1 unspecified atom stereocenters. The molecule has 0 saturated carbocycles. The third-order valence-corrected chi connectivity index (χ3v) is 2.94. The number of nitrogens with zero attached hydrogens (tertiary/aromatic N) is 2. The van der Waals surface area contributed by atoms with E-state index < -0.39 is 0 Å². The van der Waals surface area contributed by atoms with E-state index in [1.165, 1.54) is 6.07 Å². The zero-order valence-corrected chi connectivity index (χ0v) is 11.2. The SMILES string of the molecule is CCNC(Cc1cccc(F)c1)c1cnc(C)cn1. The quantitative estimate of drug-likeness (QED) is 0.897. The zero-order chi connectivity index (χ0) is 13.7. The Morgan fingerprint density at radius 3 is 2.74 bits per heavy atom. The topological polar surface area (TPSA) is 37.8 Å². The third-order valence-electron chi connectivity index (χ3n) is 2.94. The van der Waals surface area contributed by atoms with E-state index in [4.69, 9.17) is 0 Å². The highest BCUT2D eigenvalue weighted by atomic mass is 19.1. The number of hydrogen-bond acceptors (Lipinski definition) is 3. The van der Waals surface area contributed by atoms with Crippen LogP contribution in [0.15, 0.2) is 36.7 Å². The van der Waals surface area contributed by atoms with E-state index in [1.807, 2.05) is 19.9 Å². The molecule has 19 heavy (non-hydrogen) atoms. The van der Waals surface area contributed by atoms with Gasteiger partial charge in [0, 0.05) is 6.20 Å². The molecule has 0 aliphatic heterocycles. The van der Waals surface area contributed by atoms with Crippen LogP contribution in [-0.2, 0) is 6.42 Å². The van der Waals surface area contributed by atoms with Gasteiger partial charge in [-0.25, -0.2) is 4.39 Å². The Bertz CT molecular complexity index is 525. The number of halogens is 1. The Morgan fingerprint density at radius 1 is 1.26 bits per heavy atom. The van der Waals surface area contributed by atoms with E-state index in [9.17, 15) is 4.39 Å². The Kier molecular flexibility index (Phi) is 4.58. The van der Waals surface area contributed by atoms with E-state index >= 15 is 0 Å². The van der Waals surface area contributed by atoms with Crippen LogP contribution in [0.4, 0.5) is 4.39 Å². The smallest absolute Gasteiger partial charge is 0.123 e. The lowest BCUT2D eigenvalue weighted by Crippen LogP contribution is -2.24. The van der Waals surface area contributed by atoms with E-state index in [0.29, 0.717) is 6.42 Å². The molecule has 1 atom stereocenters. The van der Waals surface area contributed by atoms with Gasteiger partial charge in [-0.1, -0.05) is 19.1 Å². The van der Waals surface area contributed by atoms with Crippen LogP contribution in [0, 0.1) is 12.7 Å². The van der Waals surface area contributed by atoms with Crippen molar-refractivity contribution >= 4 is 0 Å². The van der Waals surface area contributed by atoms with Gasteiger partial charge in [-0.05, 0) is 37.6 Å². The Hall–Kier alpha value is -1.81. The predicted octanol–water partition coefficient (Wildman–Crippen LogP) is 2.82. The largest absolute Gasteiger partial charge is 0.309 e. The zero-order valence-electron chi connectivity index (χ0n) is 11.2. The molecule has 0 fully saturated rings. The van der Waals surface area contributed by atoms with Gasteiger partial charge in [0.1, 0.15) is 5.82 Å².